The number of ether oxygens (including phenoxy) is 1. The van der Waals surface area contributed by atoms with Crippen molar-refractivity contribution in [1.82, 2.24) is 15.6 Å². The first-order chi connectivity index (χ1) is 9.74. The van der Waals surface area contributed by atoms with Gasteiger partial charge in [-0.25, -0.2) is 4.99 Å². The molecule has 1 fully saturated rings. The minimum absolute atomic E-state index is 0.309. The topological polar surface area (TPSA) is 58.5 Å². The molecule has 2 N–H and O–H groups in total. The molecule has 0 aliphatic carbocycles. The molecule has 0 radical (unpaired) electrons. The van der Waals surface area contributed by atoms with E-state index in [1.807, 2.05) is 18.2 Å². The minimum atomic E-state index is 0.309. The van der Waals surface area contributed by atoms with Gasteiger partial charge in [0.2, 0.25) is 0 Å². The Morgan fingerprint density at radius 3 is 3.05 bits per heavy atom. The molecule has 1 aromatic rings. The number of pyridine rings is 1. The summed E-state index contributed by atoms with van der Waals surface area (Å²) in [7, 11) is 0. The largest absolute Gasteiger partial charge is 0.376 e. The summed E-state index contributed by atoms with van der Waals surface area (Å²) in [4.78, 5) is 8.85. The van der Waals surface area contributed by atoms with Crippen molar-refractivity contribution in [2.75, 3.05) is 13.2 Å². The molecule has 20 heavy (non-hydrogen) atoms. The van der Waals surface area contributed by atoms with Crippen molar-refractivity contribution < 1.29 is 4.74 Å². The molecule has 1 saturated heterocycles. The molecule has 1 atom stereocenters. The third kappa shape index (κ3) is 5.17. The molecule has 1 aliphatic heterocycles. The highest BCUT2D eigenvalue weighted by Crippen LogP contribution is 2.10. The number of hydrogen-bond acceptors (Lipinski definition) is 3. The molecule has 0 aromatic carbocycles. The van der Waals surface area contributed by atoms with Gasteiger partial charge in [0, 0.05) is 25.4 Å². The molecule has 0 spiro atoms. The third-order valence-corrected chi connectivity index (χ3v) is 3.07. The maximum atomic E-state index is 5.61. The first kappa shape index (κ1) is 14.8. The van der Waals surface area contributed by atoms with Crippen molar-refractivity contribution >= 4 is 5.96 Å². The molecular formula is C15H24N4O. The van der Waals surface area contributed by atoms with E-state index in [1.54, 1.807) is 6.20 Å². The lowest BCUT2D eigenvalue weighted by molar-refractivity contribution is 0.113. The van der Waals surface area contributed by atoms with Gasteiger partial charge < -0.3 is 15.4 Å². The van der Waals surface area contributed by atoms with E-state index >= 15 is 0 Å². The zero-order valence-electron chi connectivity index (χ0n) is 12.3. The molecule has 110 valence electrons. The Labute approximate surface area is 120 Å². The summed E-state index contributed by atoms with van der Waals surface area (Å²) >= 11 is 0. The molecule has 2 rings (SSSR count). The molecule has 1 aliphatic rings. The Morgan fingerprint density at radius 1 is 1.50 bits per heavy atom. The lowest BCUT2D eigenvalue weighted by Crippen LogP contribution is -2.44. The van der Waals surface area contributed by atoms with Gasteiger partial charge in [-0.3, -0.25) is 4.98 Å². The van der Waals surface area contributed by atoms with Gasteiger partial charge in [-0.05, 0) is 38.8 Å². The van der Waals surface area contributed by atoms with Crippen molar-refractivity contribution in [3.63, 3.8) is 0 Å². The molecular weight excluding hydrogens is 252 g/mol. The van der Waals surface area contributed by atoms with E-state index in [9.17, 15) is 0 Å². The van der Waals surface area contributed by atoms with Crippen LogP contribution in [0.5, 0.6) is 0 Å². The Bertz CT molecular complexity index is 413. The summed E-state index contributed by atoms with van der Waals surface area (Å²) in [5.41, 5.74) is 0.967. The fourth-order valence-corrected chi connectivity index (χ4v) is 2.09. The van der Waals surface area contributed by atoms with Crippen molar-refractivity contribution in [3.8, 4) is 0 Å². The lowest BCUT2D eigenvalue weighted by atomic mass is 10.2. The molecule has 0 amide bonds. The summed E-state index contributed by atoms with van der Waals surface area (Å²) in [5.74, 6) is 0.821. The maximum Gasteiger partial charge on any atom is 0.191 e. The summed E-state index contributed by atoms with van der Waals surface area (Å²) in [6.45, 7) is 6.47. The number of aromatic nitrogens is 1. The van der Waals surface area contributed by atoms with E-state index in [0.717, 1.165) is 37.6 Å². The van der Waals surface area contributed by atoms with E-state index in [1.165, 1.54) is 0 Å². The van der Waals surface area contributed by atoms with Crippen LogP contribution in [0.1, 0.15) is 32.4 Å². The quantitative estimate of drug-likeness (QED) is 0.635. The van der Waals surface area contributed by atoms with Crippen LogP contribution in [0.3, 0.4) is 0 Å². The maximum absolute atomic E-state index is 5.61. The van der Waals surface area contributed by atoms with Crippen molar-refractivity contribution in [2.24, 2.45) is 4.99 Å². The minimum Gasteiger partial charge on any atom is -0.376 e. The molecule has 0 saturated carbocycles. The van der Waals surface area contributed by atoms with E-state index in [4.69, 9.17) is 4.74 Å². The average molecular weight is 276 g/mol. The SMILES string of the molecule is CC(C)NC(=NCc1ccccn1)NCC1CCCO1. The van der Waals surface area contributed by atoms with Crippen molar-refractivity contribution in [3.05, 3.63) is 30.1 Å². The number of aliphatic imine (C=N–C) groups is 1. The lowest BCUT2D eigenvalue weighted by Gasteiger charge is -2.17. The molecule has 0 bridgehead atoms. The number of rotatable bonds is 5. The van der Waals surface area contributed by atoms with Crippen LogP contribution in [0.4, 0.5) is 0 Å². The van der Waals surface area contributed by atoms with Gasteiger partial charge in [0.1, 0.15) is 0 Å². The van der Waals surface area contributed by atoms with Crippen LogP contribution in [-0.2, 0) is 11.3 Å². The number of nitrogens with one attached hydrogen (secondary N) is 2. The second kappa shape index (κ2) is 7.85. The summed E-state index contributed by atoms with van der Waals surface area (Å²) < 4.78 is 5.61. The molecule has 1 aromatic heterocycles. The van der Waals surface area contributed by atoms with E-state index in [0.29, 0.717) is 18.7 Å². The van der Waals surface area contributed by atoms with E-state index in [2.05, 4.69) is 34.5 Å². The predicted molar refractivity (Wildman–Crippen MR) is 80.6 cm³/mol. The summed E-state index contributed by atoms with van der Waals surface area (Å²) in [5, 5.41) is 6.68. The normalized spacial score (nSPS) is 19.4. The van der Waals surface area contributed by atoms with E-state index < -0.39 is 0 Å². The zero-order valence-corrected chi connectivity index (χ0v) is 12.3. The zero-order chi connectivity index (χ0) is 14.2. The molecule has 1 unspecified atom stereocenters. The van der Waals surface area contributed by atoms with E-state index in [-0.39, 0.29) is 0 Å². The van der Waals surface area contributed by atoms with Crippen LogP contribution in [0.15, 0.2) is 29.4 Å². The van der Waals surface area contributed by atoms with Gasteiger partial charge in [-0.1, -0.05) is 6.07 Å². The van der Waals surface area contributed by atoms with Crippen molar-refractivity contribution in [1.29, 1.82) is 0 Å². The van der Waals surface area contributed by atoms with Crippen LogP contribution >= 0.6 is 0 Å². The molecule has 5 nitrogen and oxygen atoms in total. The highest BCUT2D eigenvalue weighted by Gasteiger charge is 2.15. The average Bonchev–Trinajstić information content (AvgIpc) is 2.96. The predicted octanol–water partition coefficient (Wildman–Crippen LogP) is 1.70. The third-order valence-electron chi connectivity index (χ3n) is 3.07. The van der Waals surface area contributed by atoms with Crippen molar-refractivity contribution in [2.45, 2.75) is 45.4 Å². The Hall–Kier alpha value is -1.62. The van der Waals surface area contributed by atoms with Gasteiger partial charge >= 0.3 is 0 Å². The fraction of sp³-hybridized carbons (Fsp3) is 0.600. The van der Waals surface area contributed by atoms with Crippen LogP contribution in [0.25, 0.3) is 0 Å². The van der Waals surface area contributed by atoms with Gasteiger partial charge in [0.25, 0.3) is 0 Å². The van der Waals surface area contributed by atoms with Crippen LogP contribution in [0.2, 0.25) is 0 Å². The molecule has 5 heteroatoms. The highest BCUT2D eigenvalue weighted by molar-refractivity contribution is 5.80. The standard InChI is InChI=1S/C15H24N4O/c1-12(2)19-15(18-11-14-7-5-9-20-14)17-10-13-6-3-4-8-16-13/h3-4,6,8,12,14H,5,7,9-11H2,1-2H3,(H2,17,18,19). The Balaban J connectivity index is 1.88. The molecule has 2 heterocycles. The fourth-order valence-electron chi connectivity index (χ4n) is 2.09. The second-order valence-electron chi connectivity index (χ2n) is 5.30. The number of nitrogens with zero attached hydrogens (tertiary/aromatic N) is 2. The Morgan fingerprint density at radius 2 is 2.40 bits per heavy atom. The second-order valence-corrected chi connectivity index (χ2v) is 5.30. The summed E-state index contributed by atoms with van der Waals surface area (Å²) in [6.07, 6.45) is 4.39. The van der Waals surface area contributed by atoms with Gasteiger partial charge in [-0.2, -0.15) is 0 Å². The van der Waals surface area contributed by atoms with Crippen LogP contribution in [-0.4, -0.2) is 36.2 Å². The number of guanidine groups is 1. The first-order valence-electron chi connectivity index (χ1n) is 7.30. The first-order valence-corrected chi connectivity index (χ1v) is 7.30. The highest BCUT2D eigenvalue weighted by atomic mass is 16.5. The summed E-state index contributed by atoms with van der Waals surface area (Å²) in [6, 6.07) is 6.22. The van der Waals surface area contributed by atoms with Gasteiger partial charge in [-0.15, -0.1) is 0 Å². The number of hydrogen-bond donors (Lipinski definition) is 2. The van der Waals surface area contributed by atoms with Gasteiger partial charge in [0.05, 0.1) is 18.3 Å². The monoisotopic (exact) mass is 276 g/mol. The Kier molecular flexibility index (Phi) is 5.80. The van der Waals surface area contributed by atoms with Crippen LogP contribution < -0.4 is 10.6 Å². The van der Waals surface area contributed by atoms with Crippen LogP contribution in [0, 0.1) is 0 Å². The van der Waals surface area contributed by atoms with Gasteiger partial charge in [0.15, 0.2) is 5.96 Å². The smallest absolute Gasteiger partial charge is 0.191 e.